The van der Waals surface area contributed by atoms with Crippen molar-refractivity contribution in [2.24, 2.45) is 0 Å². The number of rotatable bonds is 13. The molecule has 0 aromatic heterocycles. The molecule has 0 aliphatic rings. The van der Waals surface area contributed by atoms with Crippen LogP contribution in [0.1, 0.15) is 12.8 Å². The summed E-state index contributed by atoms with van der Waals surface area (Å²) in [6.07, 6.45) is -6.50. The van der Waals surface area contributed by atoms with Crippen molar-refractivity contribution in [3.8, 4) is 0 Å². The standard InChI is InChI=1S/C6H14O8.C6H8O8.Ca.2K.Mg/c7-5(3-13-10)6(8,4-14-11)1-2-12-9;7-2(8)1-6(14,5(12)13)3(9)4(10)11;;;;/h5,7-11H,1-4H2;3,9,14H,1H2,(H,7,8)(H,10,11)(H,12,13);;;;/q;;+2;2*+1;+2/p-6. The Morgan fingerprint density at radius 3 is 1.66 bits per heavy atom. The van der Waals surface area contributed by atoms with Crippen LogP contribution in [0.4, 0.5) is 0 Å². The average Bonchev–Trinajstić information content (AvgIpc) is 2.59. The third-order valence-corrected chi connectivity index (χ3v) is 3.22. The second kappa shape index (κ2) is 25.9. The summed E-state index contributed by atoms with van der Waals surface area (Å²) >= 11 is 0. The van der Waals surface area contributed by atoms with Crippen LogP contribution in [0.15, 0.2) is 0 Å². The second-order valence-electron chi connectivity index (χ2n) is 5.22. The third kappa shape index (κ3) is 19.4. The topological polar surface area (TPSA) is 298 Å². The molecule has 0 spiro atoms. The molecule has 0 rings (SSSR count). The maximum Gasteiger partial charge on any atom is 2.00 e. The van der Waals surface area contributed by atoms with E-state index in [2.05, 4.69) is 14.7 Å². The van der Waals surface area contributed by atoms with E-state index in [-0.39, 0.29) is 170 Å². The molecule has 16 nitrogen and oxygen atoms in total. The molecule has 0 heterocycles. The van der Waals surface area contributed by atoms with Crippen LogP contribution in [0, 0.1) is 0 Å². The number of carboxylic acid groups (broad SMARTS) is 3. The van der Waals surface area contributed by atoms with Crippen LogP contribution in [-0.4, -0.2) is 142 Å². The maximum absolute atomic E-state index is 10.2. The van der Waals surface area contributed by atoms with E-state index in [1.54, 1.807) is 0 Å². The predicted octanol–water partition coefficient (Wildman–Crippen LogP) is -17.7. The molecule has 0 saturated carbocycles. The molecule has 0 radical (unpaired) electrons. The number of carboxylic acids is 3. The Labute approximate surface area is 312 Å². The number of carbonyl (C=O) groups is 3. The minimum absolute atomic E-state index is 0. The van der Waals surface area contributed by atoms with E-state index in [0.29, 0.717) is 0 Å². The first-order valence-electron chi connectivity index (χ1n) is 6.99. The summed E-state index contributed by atoms with van der Waals surface area (Å²) in [4.78, 5) is 40.3. The third-order valence-electron chi connectivity index (χ3n) is 3.22. The SMILES string of the molecule is O=C([O-])CC(O)(C(=O)[O-])C(O)C(=O)[O-].[Ca+2].[K+].[K+].[Mg+2].[O-]OCCC(O)(CO[O-])C(O)CO[O-]. The molecule has 0 amide bonds. The maximum atomic E-state index is 10.2. The fraction of sp³-hybridized carbons (Fsp3) is 0.750. The van der Waals surface area contributed by atoms with Crippen LogP contribution in [0.25, 0.3) is 0 Å². The van der Waals surface area contributed by atoms with E-state index in [4.69, 9.17) is 10.2 Å². The van der Waals surface area contributed by atoms with Gasteiger partial charge in [0.15, 0.2) is 0 Å². The van der Waals surface area contributed by atoms with Gasteiger partial charge in [0.1, 0.15) is 23.4 Å². The van der Waals surface area contributed by atoms with Crippen LogP contribution in [0.2, 0.25) is 0 Å². The van der Waals surface area contributed by atoms with Crippen LogP contribution < -0.4 is 134 Å². The van der Waals surface area contributed by atoms with E-state index in [0.717, 1.165) is 0 Å². The van der Waals surface area contributed by atoms with Gasteiger partial charge in [-0.15, -0.1) is 0 Å². The molecule has 0 aliphatic carbocycles. The van der Waals surface area contributed by atoms with Gasteiger partial charge < -0.3 is 80.6 Å². The quantitative estimate of drug-likeness (QED) is 0.0925. The van der Waals surface area contributed by atoms with E-state index in [1.807, 2.05) is 0 Å². The van der Waals surface area contributed by atoms with Gasteiger partial charge in [0.2, 0.25) is 0 Å². The minimum Gasteiger partial charge on any atom is -0.723 e. The van der Waals surface area contributed by atoms with E-state index < -0.39 is 67.6 Å². The molecule has 32 heavy (non-hydrogen) atoms. The van der Waals surface area contributed by atoms with Crippen molar-refractivity contribution in [3.05, 3.63) is 0 Å². The van der Waals surface area contributed by atoms with Crippen LogP contribution in [0.5, 0.6) is 0 Å². The van der Waals surface area contributed by atoms with Crippen molar-refractivity contribution in [3.63, 3.8) is 0 Å². The summed E-state index contributed by atoms with van der Waals surface area (Å²) in [5.41, 5.74) is -5.48. The normalized spacial score (nSPS) is 15.1. The predicted molar refractivity (Wildman–Crippen MR) is 75.5 cm³/mol. The van der Waals surface area contributed by atoms with Crippen molar-refractivity contribution in [2.75, 3.05) is 19.8 Å². The Morgan fingerprint density at radius 1 is 0.906 bits per heavy atom. The van der Waals surface area contributed by atoms with Crippen molar-refractivity contribution < 1.29 is 183 Å². The summed E-state index contributed by atoms with van der Waals surface area (Å²) in [6, 6.07) is 0. The molecule has 0 saturated heterocycles. The molecule has 4 atom stereocenters. The second-order valence-corrected chi connectivity index (χ2v) is 5.22. The van der Waals surface area contributed by atoms with Gasteiger partial charge in [-0.05, 0) is 0 Å². The molecule has 0 fully saturated rings. The summed E-state index contributed by atoms with van der Waals surface area (Å²) < 4.78 is 0. The number of aliphatic hydroxyl groups is 4. The van der Waals surface area contributed by atoms with Crippen LogP contribution >= 0.6 is 0 Å². The van der Waals surface area contributed by atoms with Gasteiger partial charge in [-0.2, -0.15) is 0 Å². The molecule has 0 aliphatic heterocycles. The van der Waals surface area contributed by atoms with Gasteiger partial charge in [-0.1, -0.05) is 0 Å². The Bertz CT molecular complexity index is 519. The zero-order chi connectivity index (χ0) is 22.5. The molecule has 0 aromatic carbocycles. The zero-order valence-corrected chi connectivity index (χ0v) is 27.2. The van der Waals surface area contributed by atoms with Crippen molar-refractivity contribution in [1.29, 1.82) is 0 Å². The number of aliphatic hydroxyl groups excluding tert-OH is 2. The molecule has 0 aromatic rings. The van der Waals surface area contributed by atoms with Crippen LogP contribution in [0.3, 0.4) is 0 Å². The monoisotopic (exact) mass is 558 g/mol. The largest absolute Gasteiger partial charge is 2.00 e. The molecule has 20 heteroatoms. The summed E-state index contributed by atoms with van der Waals surface area (Å²) in [5, 5.41) is 95.6. The number of aliphatic carboxylic acids is 3. The van der Waals surface area contributed by atoms with Gasteiger partial charge in [-0.25, -0.2) is 0 Å². The van der Waals surface area contributed by atoms with E-state index >= 15 is 0 Å². The first-order valence-corrected chi connectivity index (χ1v) is 6.99. The first kappa shape index (κ1) is 48.4. The molecule has 4 N–H and O–H groups in total. The van der Waals surface area contributed by atoms with Gasteiger partial charge in [0, 0.05) is 25.4 Å². The summed E-state index contributed by atoms with van der Waals surface area (Å²) in [5.74, 6) is -6.84. The first-order chi connectivity index (χ1) is 12.8. The number of hydrogen-bond donors (Lipinski definition) is 4. The van der Waals surface area contributed by atoms with E-state index in [9.17, 15) is 55.7 Å². The fourth-order valence-corrected chi connectivity index (χ4v) is 1.57. The Balaban J connectivity index is -0.0000000939. The van der Waals surface area contributed by atoms with Crippen molar-refractivity contribution in [2.45, 2.75) is 36.3 Å². The summed E-state index contributed by atoms with van der Waals surface area (Å²) in [7, 11) is 0. The Morgan fingerprint density at radius 2 is 1.38 bits per heavy atom. The van der Waals surface area contributed by atoms with Gasteiger partial charge in [0.05, 0.1) is 25.2 Å². The van der Waals surface area contributed by atoms with Gasteiger partial charge in [-0.3, -0.25) is 0 Å². The molecular weight excluding hydrogens is 543 g/mol. The Kier molecular flexibility index (Phi) is 39.2. The van der Waals surface area contributed by atoms with Crippen molar-refractivity contribution >= 4 is 78.7 Å². The van der Waals surface area contributed by atoms with Crippen LogP contribution in [-0.2, 0) is 29.0 Å². The number of hydrogen-bond acceptors (Lipinski definition) is 16. The fourth-order valence-electron chi connectivity index (χ4n) is 1.57. The molecule has 166 valence electrons. The van der Waals surface area contributed by atoms with Gasteiger partial charge in [0.25, 0.3) is 0 Å². The molecule has 4 unspecified atom stereocenters. The van der Waals surface area contributed by atoms with E-state index in [1.165, 1.54) is 0 Å². The average molecular weight is 559 g/mol. The smallest absolute Gasteiger partial charge is 0.723 e. The molecular formula is C12H16CaK2MgO16. The van der Waals surface area contributed by atoms with Crippen molar-refractivity contribution in [1.82, 2.24) is 0 Å². The van der Waals surface area contributed by atoms with Gasteiger partial charge >= 0.3 is 164 Å². The number of carbonyl (C=O) groups excluding carboxylic acids is 3. The molecule has 0 bridgehead atoms. The Hall–Kier alpha value is 3.31. The summed E-state index contributed by atoms with van der Waals surface area (Å²) in [6.45, 7) is -1.94. The zero-order valence-electron chi connectivity index (χ0n) is 17.3. The minimum atomic E-state index is -3.46.